The highest BCUT2D eigenvalue weighted by Gasteiger charge is 2.37. The number of ether oxygens (including phenoxy) is 2. The fourth-order valence-electron chi connectivity index (χ4n) is 6.89. The van der Waals surface area contributed by atoms with E-state index in [1.807, 2.05) is 17.9 Å². The Labute approximate surface area is 282 Å². The van der Waals surface area contributed by atoms with Crippen LogP contribution < -0.4 is 9.64 Å². The first-order valence-corrected chi connectivity index (χ1v) is 18.6. The highest BCUT2D eigenvalue weighted by Crippen LogP contribution is 2.36. The average Bonchev–Trinajstić information content (AvgIpc) is 3.78. The van der Waals surface area contributed by atoms with Crippen LogP contribution in [-0.4, -0.2) is 121 Å². The third kappa shape index (κ3) is 7.20. The molecule has 1 atom stereocenters. The van der Waals surface area contributed by atoms with Crippen molar-refractivity contribution in [3.63, 3.8) is 0 Å². The zero-order valence-electron chi connectivity index (χ0n) is 28.3. The molecule has 258 valence electrons. The summed E-state index contributed by atoms with van der Waals surface area (Å²) in [7, 11) is -2.09. The van der Waals surface area contributed by atoms with E-state index in [9.17, 15) is 13.2 Å². The van der Waals surface area contributed by atoms with Gasteiger partial charge in [0.05, 0.1) is 36.0 Å². The first kappa shape index (κ1) is 33.9. The third-order valence-electron chi connectivity index (χ3n) is 9.59. The minimum absolute atomic E-state index is 0.0164. The molecular formula is C34H46N8O5S. The van der Waals surface area contributed by atoms with Gasteiger partial charge in [0.2, 0.25) is 15.8 Å². The van der Waals surface area contributed by atoms with Crippen LogP contribution in [0.2, 0.25) is 0 Å². The number of methoxy groups -OCH3 is 1. The van der Waals surface area contributed by atoms with Gasteiger partial charge in [0.1, 0.15) is 12.1 Å². The molecule has 2 fully saturated rings. The minimum Gasteiger partial charge on any atom is -0.496 e. The van der Waals surface area contributed by atoms with Crippen LogP contribution in [0.25, 0.3) is 16.7 Å². The van der Waals surface area contributed by atoms with Gasteiger partial charge in [0.15, 0.2) is 0 Å². The van der Waals surface area contributed by atoms with Gasteiger partial charge in [0, 0.05) is 52.1 Å². The monoisotopic (exact) mass is 678 g/mol. The lowest BCUT2D eigenvalue weighted by molar-refractivity contribution is 0.0767. The van der Waals surface area contributed by atoms with E-state index in [1.165, 1.54) is 18.0 Å². The number of para-hydroxylation sites is 2. The molecule has 2 aromatic carbocycles. The molecule has 0 radical (unpaired) electrons. The summed E-state index contributed by atoms with van der Waals surface area (Å²) in [6.45, 7) is 12.5. The second-order valence-corrected chi connectivity index (χ2v) is 15.0. The van der Waals surface area contributed by atoms with Crippen LogP contribution in [-0.2, 0) is 21.1 Å². The van der Waals surface area contributed by atoms with E-state index in [4.69, 9.17) is 14.5 Å². The lowest BCUT2D eigenvalue weighted by Crippen LogP contribution is -2.36. The molecular weight excluding hydrogens is 632 g/mol. The van der Waals surface area contributed by atoms with Crippen molar-refractivity contribution in [3.8, 4) is 11.4 Å². The molecule has 0 N–H and O–H groups in total. The van der Waals surface area contributed by atoms with Crippen LogP contribution in [0.5, 0.6) is 5.75 Å². The number of anilines is 1. The van der Waals surface area contributed by atoms with Gasteiger partial charge in [-0.2, -0.15) is 0 Å². The average molecular weight is 679 g/mol. The van der Waals surface area contributed by atoms with Crippen LogP contribution in [0.15, 0.2) is 53.9 Å². The van der Waals surface area contributed by atoms with E-state index in [-0.39, 0.29) is 16.5 Å². The summed E-state index contributed by atoms with van der Waals surface area (Å²) in [5.41, 5.74) is 3.00. The Bertz CT molecular complexity index is 1860. The zero-order chi connectivity index (χ0) is 33.9. The Morgan fingerprint density at radius 1 is 1.04 bits per heavy atom. The molecule has 14 heteroatoms. The fraction of sp³-hybridized carbons (Fsp3) is 0.529. The normalized spacial score (nSPS) is 19.2. The molecule has 48 heavy (non-hydrogen) atoms. The van der Waals surface area contributed by atoms with Crippen molar-refractivity contribution < 1.29 is 22.7 Å². The van der Waals surface area contributed by atoms with Gasteiger partial charge in [-0.1, -0.05) is 19.1 Å². The van der Waals surface area contributed by atoms with Gasteiger partial charge in [-0.25, -0.2) is 13.4 Å². The lowest BCUT2D eigenvalue weighted by atomic mass is 9.86. The van der Waals surface area contributed by atoms with Crippen molar-refractivity contribution in [2.45, 2.75) is 44.8 Å². The van der Waals surface area contributed by atoms with Crippen LogP contribution in [0.1, 0.15) is 43.5 Å². The maximum Gasteiger partial charge on any atom is 0.257 e. The molecule has 0 bridgehead atoms. The Balaban J connectivity index is 1.09. The lowest BCUT2D eigenvalue weighted by Gasteiger charge is -2.29. The Hall–Kier alpha value is -4.01. The summed E-state index contributed by atoms with van der Waals surface area (Å²) in [6.07, 6.45) is 5.37. The van der Waals surface area contributed by atoms with Crippen molar-refractivity contribution >= 4 is 32.7 Å². The minimum atomic E-state index is -3.62. The number of rotatable bonds is 12. The molecule has 6 rings (SSSR count). The first-order chi connectivity index (χ1) is 23.1. The second-order valence-electron chi connectivity index (χ2n) is 13.1. The maximum absolute atomic E-state index is 13.9. The summed E-state index contributed by atoms with van der Waals surface area (Å²) >= 11 is 0. The Morgan fingerprint density at radius 3 is 2.67 bits per heavy atom. The van der Waals surface area contributed by atoms with Crippen molar-refractivity contribution in [3.05, 3.63) is 54.4 Å². The van der Waals surface area contributed by atoms with E-state index < -0.39 is 9.84 Å². The Morgan fingerprint density at radius 2 is 1.88 bits per heavy atom. The summed E-state index contributed by atoms with van der Waals surface area (Å²) in [6, 6.07) is 13.4. The number of imidazole rings is 1. The number of hydrogen-bond acceptors (Lipinski definition) is 10. The van der Waals surface area contributed by atoms with Gasteiger partial charge in [-0.05, 0) is 75.0 Å². The van der Waals surface area contributed by atoms with Gasteiger partial charge >= 0.3 is 0 Å². The van der Waals surface area contributed by atoms with Crippen molar-refractivity contribution in [2.75, 3.05) is 77.3 Å². The fourth-order valence-corrected chi connectivity index (χ4v) is 7.59. The summed E-state index contributed by atoms with van der Waals surface area (Å²) < 4.78 is 39.4. The summed E-state index contributed by atoms with van der Waals surface area (Å²) in [5, 5.41) is 7.37. The molecule has 2 aliphatic heterocycles. The van der Waals surface area contributed by atoms with Gasteiger partial charge < -0.3 is 28.7 Å². The molecule has 4 heterocycles. The quantitative estimate of drug-likeness (QED) is 0.206. The molecule has 0 saturated carbocycles. The number of carbonyl (C=O) groups is 1. The number of benzene rings is 2. The van der Waals surface area contributed by atoms with Crippen molar-refractivity contribution in [1.82, 2.24) is 34.1 Å². The molecule has 4 aromatic rings. The highest BCUT2D eigenvalue weighted by atomic mass is 32.2. The van der Waals surface area contributed by atoms with Crippen LogP contribution in [0.3, 0.4) is 0 Å². The molecule has 2 saturated heterocycles. The van der Waals surface area contributed by atoms with Crippen LogP contribution in [0.4, 0.5) is 5.95 Å². The van der Waals surface area contributed by atoms with E-state index in [1.54, 1.807) is 18.2 Å². The van der Waals surface area contributed by atoms with Crippen molar-refractivity contribution in [1.29, 1.82) is 0 Å². The number of amides is 1. The number of nitrogens with zero attached hydrogens (tertiary/aromatic N) is 8. The van der Waals surface area contributed by atoms with Crippen LogP contribution in [0, 0.1) is 5.41 Å². The number of sulfone groups is 1. The first-order valence-electron chi connectivity index (χ1n) is 16.7. The van der Waals surface area contributed by atoms with E-state index in [0.717, 1.165) is 81.8 Å². The molecule has 0 unspecified atom stereocenters. The zero-order valence-corrected chi connectivity index (χ0v) is 29.2. The van der Waals surface area contributed by atoms with Crippen molar-refractivity contribution in [2.24, 2.45) is 5.41 Å². The molecule has 0 aliphatic carbocycles. The van der Waals surface area contributed by atoms with Gasteiger partial charge in [-0.3, -0.25) is 9.36 Å². The number of likely N-dealkylation sites (tertiary alicyclic amines) is 1. The number of hydrogen-bond donors (Lipinski definition) is 0. The predicted octanol–water partition coefficient (Wildman–Crippen LogP) is 3.52. The van der Waals surface area contributed by atoms with Gasteiger partial charge in [-0.15, -0.1) is 10.2 Å². The maximum atomic E-state index is 13.9. The Kier molecular flexibility index (Phi) is 10.0. The number of fused-ring (bicyclic) bond motifs is 1. The molecule has 13 nitrogen and oxygen atoms in total. The predicted molar refractivity (Wildman–Crippen MR) is 184 cm³/mol. The number of carbonyl (C=O) groups excluding carboxylic acids is 1. The van der Waals surface area contributed by atoms with E-state index >= 15 is 0 Å². The molecule has 0 spiro atoms. The van der Waals surface area contributed by atoms with Crippen LogP contribution >= 0.6 is 0 Å². The number of aromatic nitrogens is 5. The summed E-state index contributed by atoms with van der Waals surface area (Å²) in [4.78, 5) is 25.8. The largest absolute Gasteiger partial charge is 0.496 e. The van der Waals surface area contributed by atoms with E-state index in [0.29, 0.717) is 43.3 Å². The standard InChI is InChI=1S/C34H46N8O5S/c1-5-47-22-21-41-29-10-7-6-9-28(29)36-32(41)39-16-8-15-38(19-20-39)17-13-34(2)14-18-40(24-34)31(43)27-23-26(11-12-30(27)46-3)42-25-35-37-33(42)48(4,44)45/h6-7,9-12,23,25H,5,8,13-22,24H2,1-4H3/t34-/m1/s1. The molecule has 2 aliphatic rings. The highest BCUT2D eigenvalue weighted by molar-refractivity contribution is 7.90. The molecule has 1 amide bonds. The van der Waals surface area contributed by atoms with E-state index in [2.05, 4.69) is 49.7 Å². The third-order valence-corrected chi connectivity index (χ3v) is 10.5. The van der Waals surface area contributed by atoms with Gasteiger partial charge in [0.25, 0.3) is 11.1 Å². The smallest absolute Gasteiger partial charge is 0.257 e. The molecule has 2 aromatic heterocycles. The SMILES string of the molecule is CCOCCn1c(N2CCCN(CC[C@]3(C)CCN(C(=O)c4cc(-n5cnnc5S(C)(=O)=O)ccc4OC)C3)CC2)nc2ccccc21. The second kappa shape index (κ2) is 14.2. The summed E-state index contributed by atoms with van der Waals surface area (Å²) in [5.74, 6) is 1.32. The topological polar surface area (TPSA) is 128 Å².